The van der Waals surface area contributed by atoms with Gasteiger partial charge in [-0.25, -0.2) is 18.1 Å². The predicted octanol–water partition coefficient (Wildman–Crippen LogP) is 0.978. The number of aromatic nitrogens is 2. The summed E-state index contributed by atoms with van der Waals surface area (Å²) in [5, 5.41) is 11.9. The molecular formula is C12H17N3O3S2. The van der Waals surface area contributed by atoms with E-state index in [9.17, 15) is 13.5 Å². The number of nitrogens with zero attached hydrogens (tertiary/aromatic N) is 2. The van der Waals surface area contributed by atoms with Crippen LogP contribution in [-0.4, -0.2) is 29.6 Å². The number of rotatable bonds is 7. The van der Waals surface area contributed by atoms with Crippen molar-refractivity contribution >= 4 is 21.4 Å². The lowest BCUT2D eigenvalue weighted by atomic mass is 10.4. The average molecular weight is 315 g/mol. The van der Waals surface area contributed by atoms with Gasteiger partial charge < -0.3 is 9.67 Å². The van der Waals surface area contributed by atoms with Crippen molar-refractivity contribution in [2.75, 3.05) is 6.54 Å². The van der Waals surface area contributed by atoms with Gasteiger partial charge in [-0.15, -0.1) is 11.3 Å². The number of aliphatic hydroxyl groups is 1. The van der Waals surface area contributed by atoms with Crippen LogP contribution in [0.2, 0.25) is 0 Å². The van der Waals surface area contributed by atoms with Crippen molar-refractivity contribution in [3.05, 3.63) is 34.5 Å². The van der Waals surface area contributed by atoms with E-state index in [1.165, 1.54) is 23.6 Å². The van der Waals surface area contributed by atoms with E-state index in [1.54, 1.807) is 10.8 Å². The molecule has 0 radical (unpaired) electrons. The van der Waals surface area contributed by atoms with Gasteiger partial charge >= 0.3 is 0 Å². The van der Waals surface area contributed by atoms with Crippen LogP contribution in [0.1, 0.15) is 17.6 Å². The molecule has 110 valence electrons. The molecule has 0 bridgehead atoms. The van der Waals surface area contributed by atoms with Gasteiger partial charge in [0.05, 0.1) is 16.5 Å². The highest BCUT2D eigenvalue weighted by molar-refractivity contribution is 7.89. The van der Waals surface area contributed by atoms with Crippen molar-refractivity contribution in [3.8, 4) is 0 Å². The van der Waals surface area contributed by atoms with E-state index in [1.807, 2.05) is 12.3 Å². The smallest absolute Gasteiger partial charge is 0.242 e. The van der Waals surface area contributed by atoms with E-state index in [0.29, 0.717) is 25.2 Å². The molecule has 0 saturated carbocycles. The van der Waals surface area contributed by atoms with Gasteiger partial charge in [-0.2, -0.15) is 0 Å². The molecule has 6 nitrogen and oxygen atoms in total. The number of hydrogen-bond acceptors (Lipinski definition) is 5. The van der Waals surface area contributed by atoms with Gasteiger partial charge in [-0.1, -0.05) is 0 Å². The lowest BCUT2D eigenvalue weighted by molar-refractivity contribution is 0.271. The Morgan fingerprint density at radius 1 is 1.50 bits per heavy atom. The van der Waals surface area contributed by atoms with Gasteiger partial charge in [0, 0.05) is 43.0 Å². The lowest BCUT2D eigenvalue weighted by Crippen LogP contribution is -2.25. The number of nitrogens with one attached hydrogen (secondary N) is 1. The van der Waals surface area contributed by atoms with Crippen molar-refractivity contribution in [2.24, 2.45) is 0 Å². The van der Waals surface area contributed by atoms with Crippen molar-refractivity contribution in [1.29, 1.82) is 0 Å². The number of thiazole rings is 1. The molecule has 0 aliphatic carbocycles. The Morgan fingerprint density at radius 3 is 2.85 bits per heavy atom. The van der Waals surface area contributed by atoms with Crippen molar-refractivity contribution < 1.29 is 13.5 Å². The Kier molecular flexibility index (Phi) is 4.92. The van der Waals surface area contributed by atoms with Crippen LogP contribution in [0, 0.1) is 0 Å². The van der Waals surface area contributed by atoms with Crippen LogP contribution in [0.3, 0.4) is 0 Å². The average Bonchev–Trinajstić information content (AvgIpc) is 3.07. The molecule has 0 atom stereocenters. The maximum atomic E-state index is 12.1. The largest absolute Gasteiger partial charge is 0.390 e. The molecule has 0 spiro atoms. The first-order chi connectivity index (χ1) is 9.56. The standard InChI is InChI=1S/C12H17N3O3S2/c1-2-15-8-11(7-10(15)9-16)20(17,18)14-4-3-12-13-5-6-19-12/h5-8,14,16H,2-4,9H2,1H3. The summed E-state index contributed by atoms with van der Waals surface area (Å²) in [5.74, 6) is 0. The summed E-state index contributed by atoms with van der Waals surface area (Å²) in [6.07, 6.45) is 3.80. The Balaban J connectivity index is 2.04. The van der Waals surface area contributed by atoms with E-state index in [0.717, 1.165) is 5.01 Å². The third-order valence-corrected chi connectivity index (χ3v) is 5.16. The van der Waals surface area contributed by atoms with Gasteiger partial charge in [-0.3, -0.25) is 0 Å². The monoisotopic (exact) mass is 315 g/mol. The fourth-order valence-corrected chi connectivity index (χ4v) is 3.57. The van der Waals surface area contributed by atoms with Crippen molar-refractivity contribution in [1.82, 2.24) is 14.3 Å². The van der Waals surface area contributed by atoms with Crippen LogP contribution < -0.4 is 4.72 Å². The first kappa shape index (κ1) is 15.2. The summed E-state index contributed by atoms with van der Waals surface area (Å²) in [7, 11) is -3.54. The normalized spacial score (nSPS) is 11.9. The summed E-state index contributed by atoms with van der Waals surface area (Å²) < 4.78 is 28.5. The minimum absolute atomic E-state index is 0.178. The topological polar surface area (TPSA) is 84.2 Å². The second kappa shape index (κ2) is 6.49. The molecule has 2 rings (SSSR count). The highest BCUT2D eigenvalue weighted by Crippen LogP contribution is 2.14. The molecule has 2 heterocycles. The third kappa shape index (κ3) is 3.45. The predicted molar refractivity (Wildman–Crippen MR) is 77.0 cm³/mol. The summed E-state index contributed by atoms with van der Waals surface area (Å²) in [5.41, 5.74) is 0.591. The molecule has 0 unspecified atom stereocenters. The maximum absolute atomic E-state index is 12.1. The van der Waals surface area contributed by atoms with Crippen molar-refractivity contribution in [3.63, 3.8) is 0 Å². The van der Waals surface area contributed by atoms with Gasteiger partial charge in [0.15, 0.2) is 0 Å². The zero-order valence-electron chi connectivity index (χ0n) is 11.1. The molecule has 2 aromatic rings. The zero-order chi connectivity index (χ0) is 14.6. The lowest BCUT2D eigenvalue weighted by Gasteiger charge is -2.03. The van der Waals surface area contributed by atoms with E-state index in [2.05, 4.69) is 9.71 Å². The first-order valence-corrected chi connectivity index (χ1v) is 8.61. The van der Waals surface area contributed by atoms with Gasteiger partial charge in [-0.05, 0) is 13.0 Å². The maximum Gasteiger partial charge on any atom is 0.242 e. The Hall–Kier alpha value is -1.22. The van der Waals surface area contributed by atoms with E-state index < -0.39 is 10.0 Å². The quantitative estimate of drug-likeness (QED) is 0.797. The Labute approximate surface area is 122 Å². The molecule has 2 aromatic heterocycles. The molecule has 0 fully saturated rings. The van der Waals surface area contributed by atoms with Gasteiger partial charge in [0.2, 0.25) is 10.0 Å². The summed E-state index contributed by atoms with van der Waals surface area (Å²) in [4.78, 5) is 4.28. The van der Waals surface area contributed by atoms with Crippen LogP contribution in [-0.2, 0) is 29.6 Å². The van der Waals surface area contributed by atoms with Crippen LogP contribution in [0.25, 0.3) is 0 Å². The van der Waals surface area contributed by atoms with Gasteiger partial charge in [0.1, 0.15) is 0 Å². The summed E-state index contributed by atoms with van der Waals surface area (Å²) in [6, 6.07) is 1.50. The summed E-state index contributed by atoms with van der Waals surface area (Å²) in [6.45, 7) is 2.64. The van der Waals surface area contributed by atoms with Crippen molar-refractivity contribution in [2.45, 2.75) is 31.4 Å². The van der Waals surface area contributed by atoms with E-state index in [-0.39, 0.29) is 11.5 Å². The molecule has 0 aromatic carbocycles. The third-order valence-electron chi connectivity index (χ3n) is 2.89. The van der Waals surface area contributed by atoms with Gasteiger partial charge in [0.25, 0.3) is 0 Å². The molecule has 20 heavy (non-hydrogen) atoms. The van der Waals surface area contributed by atoms with E-state index in [4.69, 9.17) is 0 Å². The first-order valence-electron chi connectivity index (χ1n) is 6.24. The Bertz CT molecular complexity index is 626. The van der Waals surface area contributed by atoms with Crippen LogP contribution in [0.5, 0.6) is 0 Å². The fourth-order valence-electron chi connectivity index (χ4n) is 1.85. The number of aliphatic hydroxyl groups excluding tert-OH is 1. The number of aryl methyl sites for hydroxylation is 1. The summed E-state index contributed by atoms with van der Waals surface area (Å²) >= 11 is 1.50. The highest BCUT2D eigenvalue weighted by atomic mass is 32.2. The second-order valence-corrected chi connectivity index (χ2v) is 6.93. The Morgan fingerprint density at radius 2 is 2.30 bits per heavy atom. The minimum Gasteiger partial charge on any atom is -0.390 e. The molecule has 0 amide bonds. The molecule has 0 saturated heterocycles. The SMILES string of the molecule is CCn1cc(S(=O)(=O)NCCc2nccs2)cc1CO. The molecule has 0 aliphatic rings. The second-order valence-electron chi connectivity index (χ2n) is 4.18. The number of sulfonamides is 1. The minimum atomic E-state index is -3.54. The molecule has 0 aliphatic heterocycles. The van der Waals surface area contributed by atoms with Crippen LogP contribution in [0.15, 0.2) is 28.7 Å². The molecular weight excluding hydrogens is 298 g/mol. The molecule has 8 heteroatoms. The molecule has 2 N–H and O–H groups in total. The van der Waals surface area contributed by atoms with E-state index >= 15 is 0 Å². The zero-order valence-corrected chi connectivity index (χ0v) is 12.7. The van der Waals surface area contributed by atoms with Crippen LogP contribution >= 0.6 is 11.3 Å². The fraction of sp³-hybridized carbons (Fsp3) is 0.417. The highest BCUT2D eigenvalue weighted by Gasteiger charge is 2.17. The van der Waals surface area contributed by atoms with Crippen LogP contribution in [0.4, 0.5) is 0 Å². The number of hydrogen-bond donors (Lipinski definition) is 2.